The Bertz CT molecular complexity index is 740. The van der Waals surface area contributed by atoms with E-state index in [9.17, 15) is 8.42 Å². The van der Waals surface area contributed by atoms with Gasteiger partial charge in [0.1, 0.15) is 0 Å². The first-order chi connectivity index (χ1) is 10.8. The molecule has 23 heavy (non-hydrogen) atoms. The van der Waals surface area contributed by atoms with Gasteiger partial charge in [0.2, 0.25) is 10.0 Å². The number of allylic oxidation sites excluding steroid dienone is 3. The zero-order valence-electron chi connectivity index (χ0n) is 14.2. The number of sulfonamides is 1. The predicted octanol–water partition coefficient (Wildman–Crippen LogP) is 4.23. The van der Waals surface area contributed by atoms with Crippen molar-refractivity contribution in [3.63, 3.8) is 0 Å². The first-order valence-corrected chi connectivity index (χ1v) is 9.29. The molecule has 3 nitrogen and oxygen atoms in total. The van der Waals surface area contributed by atoms with Gasteiger partial charge < -0.3 is 0 Å². The summed E-state index contributed by atoms with van der Waals surface area (Å²) in [6, 6.07) is 7.00. The number of hydrogen-bond donors (Lipinski definition) is 0. The Kier molecular flexibility index (Phi) is 5.60. The maximum absolute atomic E-state index is 12.9. The predicted molar refractivity (Wildman–Crippen MR) is 95.8 cm³/mol. The summed E-state index contributed by atoms with van der Waals surface area (Å²) in [6.45, 7) is 10.6. The first-order valence-electron chi connectivity index (χ1n) is 7.85. The highest BCUT2D eigenvalue weighted by molar-refractivity contribution is 7.89. The van der Waals surface area contributed by atoms with Gasteiger partial charge >= 0.3 is 0 Å². The molecule has 0 radical (unpaired) electrons. The fourth-order valence-corrected chi connectivity index (χ4v) is 4.05. The van der Waals surface area contributed by atoms with Crippen molar-refractivity contribution in [2.75, 3.05) is 13.1 Å². The second kappa shape index (κ2) is 7.28. The molecular formula is C19H25NO2S. The highest BCUT2D eigenvalue weighted by Crippen LogP contribution is 2.26. The fourth-order valence-electron chi connectivity index (χ4n) is 2.63. The lowest BCUT2D eigenvalue weighted by Crippen LogP contribution is -2.33. The van der Waals surface area contributed by atoms with E-state index in [2.05, 4.69) is 26.5 Å². The highest BCUT2D eigenvalue weighted by Gasteiger charge is 2.24. The number of hydrogen-bond acceptors (Lipinski definition) is 2. The van der Waals surface area contributed by atoms with Crippen LogP contribution in [0.2, 0.25) is 0 Å². The summed E-state index contributed by atoms with van der Waals surface area (Å²) in [7, 11) is -3.51. The summed E-state index contributed by atoms with van der Waals surface area (Å²) in [6.07, 6.45) is 5.56. The molecule has 0 aromatic heterocycles. The minimum Gasteiger partial charge on any atom is -0.207 e. The van der Waals surface area contributed by atoms with Gasteiger partial charge in [0.05, 0.1) is 4.90 Å². The van der Waals surface area contributed by atoms with Gasteiger partial charge in [-0.15, -0.1) is 6.58 Å². The number of aryl methyl sites for hydroxylation is 1. The molecule has 0 saturated carbocycles. The maximum Gasteiger partial charge on any atom is 0.243 e. The largest absolute Gasteiger partial charge is 0.243 e. The molecule has 1 aromatic carbocycles. The van der Waals surface area contributed by atoms with E-state index in [-0.39, 0.29) is 0 Å². The highest BCUT2D eigenvalue weighted by atomic mass is 32.2. The Labute approximate surface area is 140 Å². The van der Waals surface area contributed by atoms with Crippen molar-refractivity contribution in [3.8, 4) is 0 Å². The van der Waals surface area contributed by atoms with Gasteiger partial charge in [0.15, 0.2) is 0 Å². The quantitative estimate of drug-likeness (QED) is 0.732. The lowest BCUT2D eigenvalue weighted by Gasteiger charge is -2.24. The van der Waals surface area contributed by atoms with E-state index in [1.807, 2.05) is 19.1 Å². The summed E-state index contributed by atoms with van der Waals surface area (Å²) >= 11 is 0. The molecule has 0 amide bonds. The first kappa shape index (κ1) is 17.7. The van der Waals surface area contributed by atoms with Crippen molar-refractivity contribution in [1.29, 1.82) is 0 Å². The van der Waals surface area contributed by atoms with Crippen molar-refractivity contribution in [1.82, 2.24) is 4.31 Å². The average Bonchev–Trinajstić information content (AvgIpc) is 2.51. The van der Waals surface area contributed by atoms with Crippen LogP contribution in [0.3, 0.4) is 0 Å². The molecule has 4 heteroatoms. The van der Waals surface area contributed by atoms with E-state index < -0.39 is 10.0 Å². The van der Waals surface area contributed by atoms with Gasteiger partial charge in [-0.05, 0) is 45.7 Å². The van der Waals surface area contributed by atoms with Crippen molar-refractivity contribution in [2.24, 2.45) is 0 Å². The van der Waals surface area contributed by atoms with Crippen LogP contribution < -0.4 is 0 Å². The van der Waals surface area contributed by atoms with Gasteiger partial charge in [-0.2, -0.15) is 4.31 Å². The van der Waals surface area contributed by atoms with Crippen molar-refractivity contribution in [2.45, 2.75) is 38.5 Å². The molecule has 0 saturated heterocycles. The summed E-state index contributed by atoms with van der Waals surface area (Å²) < 4.78 is 27.3. The Morgan fingerprint density at radius 1 is 1.13 bits per heavy atom. The van der Waals surface area contributed by atoms with Crippen LogP contribution in [-0.2, 0) is 10.0 Å². The SMILES string of the molecule is C=CCN(CC1=CCC(C)=C(C)C1)S(=O)(=O)c1ccc(C)cc1. The summed E-state index contributed by atoms with van der Waals surface area (Å²) in [5.41, 5.74) is 4.93. The molecule has 0 N–H and O–H groups in total. The number of rotatable bonds is 6. The summed E-state index contributed by atoms with van der Waals surface area (Å²) in [5, 5.41) is 0. The molecule has 0 unspecified atom stereocenters. The zero-order chi connectivity index (χ0) is 17.0. The van der Waals surface area contributed by atoms with Gasteiger partial charge in [-0.1, -0.05) is 46.6 Å². The third-order valence-corrected chi connectivity index (χ3v) is 6.11. The van der Waals surface area contributed by atoms with Gasteiger partial charge in [-0.3, -0.25) is 0 Å². The van der Waals surface area contributed by atoms with E-state index in [1.54, 1.807) is 18.2 Å². The number of nitrogens with zero attached hydrogens (tertiary/aromatic N) is 1. The topological polar surface area (TPSA) is 37.4 Å². The second-order valence-corrected chi connectivity index (χ2v) is 8.14. The van der Waals surface area contributed by atoms with Crippen LogP contribution in [0.5, 0.6) is 0 Å². The van der Waals surface area contributed by atoms with E-state index >= 15 is 0 Å². The Hall–Kier alpha value is -1.65. The fraction of sp³-hybridized carbons (Fsp3) is 0.368. The van der Waals surface area contributed by atoms with E-state index in [0.717, 1.165) is 24.0 Å². The standard InChI is InChI=1S/C19H25NO2S/c1-5-12-20(14-18-9-8-16(3)17(4)13-18)23(21,22)19-10-6-15(2)7-11-19/h5-7,9-11H,1,8,12-14H2,2-4H3. The van der Waals surface area contributed by atoms with Crippen molar-refractivity contribution < 1.29 is 8.42 Å². The minimum atomic E-state index is -3.51. The molecule has 124 valence electrons. The van der Waals surface area contributed by atoms with Crippen LogP contribution in [0.4, 0.5) is 0 Å². The van der Waals surface area contributed by atoms with Crippen LogP contribution in [-0.4, -0.2) is 25.8 Å². The Morgan fingerprint density at radius 2 is 1.78 bits per heavy atom. The van der Waals surface area contributed by atoms with Gasteiger partial charge in [0.25, 0.3) is 0 Å². The van der Waals surface area contributed by atoms with Gasteiger partial charge in [-0.25, -0.2) is 8.42 Å². The molecule has 0 aliphatic heterocycles. The molecule has 0 spiro atoms. The van der Waals surface area contributed by atoms with E-state index in [0.29, 0.717) is 18.0 Å². The Morgan fingerprint density at radius 3 is 2.35 bits per heavy atom. The summed E-state index contributed by atoms with van der Waals surface area (Å²) in [4.78, 5) is 0.338. The smallest absolute Gasteiger partial charge is 0.207 e. The molecule has 1 aromatic rings. The molecular weight excluding hydrogens is 306 g/mol. The molecule has 0 fully saturated rings. The molecule has 0 bridgehead atoms. The van der Waals surface area contributed by atoms with Gasteiger partial charge in [0, 0.05) is 13.1 Å². The third-order valence-electron chi connectivity index (χ3n) is 4.29. The molecule has 1 aliphatic rings. The second-order valence-electron chi connectivity index (χ2n) is 6.20. The van der Waals surface area contributed by atoms with E-state index in [1.165, 1.54) is 15.5 Å². The molecule has 0 heterocycles. The van der Waals surface area contributed by atoms with Crippen LogP contribution >= 0.6 is 0 Å². The average molecular weight is 331 g/mol. The molecule has 1 aliphatic carbocycles. The lowest BCUT2D eigenvalue weighted by atomic mass is 9.93. The molecule has 2 rings (SSSR count). The maximum atomic E-state index is 12.9. The van der Waals surface area contributed by atoms with Crippen molar-refractivity contribution in [3.05, 3.63) is 65.3 Å². The van der Waals surface area contributed by atoms with Crippen LogP contribution in [0.15, 0.2) is 64.6 Å². The third kappa shape index (κ3) is 4.21. The normalized spacial score (nSPS) is 15.7. The summed E-state index contributed by atoms with van der Waals surface area (Å²) in [5.74, 6) is 0. The molecule has 0 atom stereocenters. The lowest BCUT2D eigenvalue weighted by molar-refractivity contribution is 0.463. The number of benzene rings is 1. The van der Waals surface area contributed by atoms with Crippen LogP contribution in [0.25, 0.3) is 0 Å². The Balaban J connectivity index is 2.24. The minimum absolute atomic E-state index is 0.315. The monoisotopic (exact) mass is 331 g/mol. The van der Waals surface area contributed by atoms with Crippen molar-refractivity contribution >= 4 is 10.0 Å². The van der Waals surface area contributed by atoms with Crippen LogP contribution in [0, 0.1) is 6.92 Å². The van der Waals surface area contributed by atoms with E-state index in [4.69, 9.17) is 0 Å². The zero-order valence-corrected chi connectivity index (χ0v) is 15.0. The van der Waals surface area contributed by atoms with Crippen LogP contribution in [0.1, 0.15) is 32.3 Å².